The number of nitrogens with one attached hydrogen (secondary N) is 1. The van der Waals surface area contributed by atoms with Crippen LogP contribution in [0.2, 0.25) is 0 Å². The van der Waals surface area contributed by atoms with Crippen LogP contribution in [0.3, 0.4) is 0 Å². The summed E-state index contributed by atoms with van der Waals surface area (Å²) in [4.78, 5) is 16.6. The molecule has 2 unspecified atom stereocenters. The van der Waals surface area contributed by atoms with Crippen molar-refractivity contribution in [2.75, 3.05) is 45.8 Å². The number of likely N-dealkylation sites (tertiary alicyclic amines) is 2. The Bertz CT molecular complexity index is 276. The molecular weight excluding hydrogens is 214 g/mol. The molecule has 3 heterocycles. The van der Waals surface area contributed by atoms with Crippen LogP contribution in [0.15, 0.2) is 0 Å². The van der Waals surface area contributed by atoms with Crippen LogP contribution in [0.25, 0.3) is 0 Å². The average Bonchev–Trinajstić information content (AvgIpc) is 2.90. The summed E-state index contributed by atoms with van der Waals surface area (Å²) in [5.41, 5.74) is 0. The summed E-state index contributed by atoms with van der Waals surface area (Å²) in [7, 11) is 0. The molecule has 0 radical (unpaired) electrons. The van der Waals surface area contributed by atoms with Crippen molar-refractivity contribution >= 4 is 5.91 Å². The van der Waals surface area contributed by atoms with E-state index in [1.807, 2.05) is 0 Å². The molecule has 0 aromatic carbocycles. The van der Waals surface area contributed by atoms with Crippen molar-refractivity contribution in [3.63, 3.8) is 0 Å². The van der Waals surface area contributed by atoms with E-state index in [0.717, 1.165) is 51.1 Å². The molecule has 2 atom stereocenters. The SMILES string of the molecule is O=C(CN1CC2CNCC2C1)N1CCCCC1. The molecule has 4 heteroatoms. The number of fused-ring (bicyclic) bond motifs is 1. The first-order chi connectivity index (χ1) is 8.33. The van der Waals surface area contributed by atoms with Crippen LogP contribution in [0, 0.1) is 11.8 Å². The third-order valence-corrected chi connectivity index (χ3v) is 4.53. The molecule has 0 aromatic heterocycles. The zero-order valence-electron chi connectivity index (χ0n) is 10.5. The fraction of sp³-hybridized carbons (Fsp3) is 0.923. The Labute approximate surface area is 103 Å². The second-order valence-corrected chi connectivity index (χ2v) is 5.81. The Morgan fingerprint density at radius 1 is 1.06 bits per heavy atom. The summed E-state index contributed by atoms with van der Waals surface area (Å²) in [6.07, 6.45) is 3.69. The van der Waals surface area contributed by atoms with Gasteiger partial charge in [0, 0.05) is 26.2 Å². The molecule has 0 saturated carbocycles. The highest BCUT2D eigenvalue weighted by molar-refractivity contribution is 5.78. The molecule has 4 nitrogen and oxygen atoms in total. The lowest BCUT2D eigenvalue weighted by molar-refractivity contribution is -0.133. The molecule has 1 N–H and O–H groups in total. The normalized spacial score (nSPS) is 34.0. The highest BCUT2D eigenvalue weighted by Gasteiger charge is 2.36. The maximum Gasteiger partial charge on any atom is 0.236 e. The Balaban J connectivity index is 1.48. The Morgan fingerprint density at radius 3 is 2.35 bits per heavy atom. The molecule has 3 saturated heterocycles. The first kappa shape index (κ1) is 11.5. The van der Waals surface area contributed by atoms with Gasteiger partial charge in [0.2, 0.25) is 5.91 Å². The van der Waals surface area contributed by atoms with Crippen LogP contribution in [0.4, 0.5) is 0 Å². The van der Waals surface area contributed by atoms with E-state index in [-0.39, 0.29) is 0 Å². The highest BCUT2D eigenvalue weighted by Crippen LogP contribution is 2.26. The van der Waals surface area contributed by atoms with Crippen LogP contribution >= 0.6 is 0 Å². The second-order valence-electron chi connectivity index (χ2n) is 5.81. The fourth-order valence-corrected chi connectivity index (χ4v) is 3.52. The predicted octanol–water partition coefficient (Wildman–Crippen LogP) is 0.150. The maximum atomic E-state index is 12.1. The molecule has 17 heavy (non-hydrogen) atoms. The number of piperidine rings is 1. The summed E-state index contributed by atoms with van der Waals surface area (Å²) in [6.45, 7) is 7.18. The molecule has 0 spiro atoms. The van der Waals surface area contributed by atoms with Crippen LogP contribution in [-0.2, 0) is 4.79 Å². The van der Waals surface area contributed by atoms with Gasteiger partial charge in [0.05, 0.1) is 6.54 Å². The Morgan fingerprint density at radius 2 is 1.71 bits per heavy atom. The van der Waals surface area contributed by atoms with Gasteiger partial charge in [0.25, 0.3) is 0 Å². The van der Waals surface area contributed by atoms with Gasteiger partial charge in [-0.05, 0) is 44.2 Å². The molecule has 0 aromatic rings. The topological polar surface area (TPSA) is 35.6 Å². The van der Waals surface area contributed by atoms with E-state index < -0.39 is 0 Å². The van der Waals surface area contributed by atoms with Crippen molar-refractivity contribution in [3.05, 3.63) is 0 Å². The van der Waals surface area contributed by atoms with Crippen LogP contribution in [0.1, 0.15) is 19.3 Å². The smallest absolute Gasteiger partial charge is 0.236 e. The lowest BCUT2D eigenvalue weighted by atomic mass is 10.0. The van der Waals surface area contributed by atoms with Gasteiger partial charge in [0.15, 0.2) is 0 Å². The first-order valence-electron chi connectivity index (χ1n) is 7.04. The molecule has 3 aliphatic heterocycles. The highest BCUT2D eigenvalue weighted by atomic mass is 16.2. The molecule has 1 amide bonds. The summed E-state index contributed by atoms with van der Waals surface area (Å²) in [5, 5.41) is 3.44. The monoisotopic (exact) mass is 237 g/mol. The van der Waals surface area contributed by atoms with Crippen LogP contribution in [-0.4, -0.2) is 61.5 Å². The Kier molecular flexibility index (Phi) is 3.34. The maximum absolute atomic E-state index is 12.1. The van der Waals surface area contributed by atoms with Crippen molar-refractivity contribution in [3.8, 4) is 0 Å². The third kappa shape index (κ3) is 2.47. The largest absolute Gasteiger partial charge is 0.342 e. The number of carbonyl (C=O) groups is 1. The summed E-state index contributed by atoms with van der Waals surface area (Å²) in [5.74, 6) is 1.95. The van der Waals surface area contributed by atoms with Crippen LogP contribution < -0.4 is 5.32 Å². The summed E-state index contributed by atoms with van der Waals surface area (Å²) in [6, 6.07) is 0. The minimum atomic E-state index is 0.359. The van der Waals surface area contributed by atoms with E-state index in [1.54, 1.807) is 0 Å². The summed E-state index contributed by atoms with van der Waals surface area (Å²) < 4.78 is 0. The number of rotatable bonds is 2. The number of hydrogen-bond acceptors (Lipinski definition) is 3. The van der Waals surface area contributed by atoms with Gasteiger partial charge in [-0.3, -0.25) is 9.69 Å². The fourth-order valence-electron chi connectivity index (χ4n) is 3.52. The molecular formula is C13H23N3O. The van der Waals surface area contributed by atoms with Crippen molar-refractivity contribution in [2.24, 2.45) is 11.8 Å². The van der Waals surface area contributed by atoms with Gasteiger partial charge in [-0.1, -0.05) is 0 Å². The van der Waals surface area contributed by atoms with Crippen LogP contribution in [0.5, 0.6) is 0 Å². The van der Waals surface area contributed by atoms with E-state index in [4.69, 9.17) is 0 Å². The van der Waals surface area contributed by atoms with Crippen molar-refractivity contribution in [2.45, 2.75) is 19.3 Å². The van der Waals surface area contributed by atoms with E-state index in [9.17, 15) is 4.79 Å². The number of hydrogen-bond donors (Lipinski definition) is 1. The minimum absolute atomic E-state index is 0.359. The van der Waals surface area contributed by atoms with Crippen molar-refractivity contribution in [1.29, 1.82) is 0 Å². The van der Waals surface area contributed by atoms with Crippen molar-refractivity contribution < 1.29 is 4.79 Å². The number of carbonyl (C=O) groups excluding carboxylic acids is 1. The first-order valence-corrected chi connectivity index (χ1v) is 7.04. The Hall–Kier alpha value is -0.610. The lowest BCUT2D eigenvalue weighted by Crippen LogP contribution is -2.42. The molecule has 3 aliphatic rings. The zero-order chi connectivity index (χ0) is 11.7. The van der Waals surface area contributed by atoms with E-state index in [1.165, 1.54) is 19.3 Å². The van der Waals surface area contributed by atoms with Gasteiger partial charge in [-0.2, -0.15) is 0 Å². The van der Waals surface area contributed by atoms with Gasteiger partial charge < -0.3 is 10.2 Å². The number of nitrogens with zero attached hydrogens (tertiary/aromatic N) is 2. The lowest BCUT2D eigenvalue weighted by Gasteiger charge is -2.28. The van der Waals surface area contributed by atoms with E-state index >= 15 is 0 Å². The van der Waals surface area contributed by atoms with E-state index in [2.05, 4.69) is 15.1 Å². The molecule has 0 aliphatic carbocycles. The molecule has 96 valence electrons. The quantitative estimate of drug-likeness (QED) is 0.742. The average molecular weight is 237 g/mol. The zero-order valence-corrected chi connectivity index (χ0v) is 10.5. The standard InChI is InChI=1S/C13H23N3O/c17-13(16-4-2-1-3-5-16)10-15-8-11-6-14-7-12(11)9-15/h11-12,14H,1-10H2. The second kappa shape index (κ2) is 4.94. The molecule has 3 rings (SSSR count). The van der Waals surface area contributed by atoms with E-state index in [0.29, 0.717) is 12.5 Å². The molecule has 3 fully saturated rings. The van der Waals surface area contributed by atoms with Gasteiger partial charge in [-0.25, -0.2) is 0 Å². The summed E-state index contributed by atoms with van der Waals surface area (Å²) >= 11 is 0. The predicted molar refractivity (Wildman–Crippen MR) is 66.7 cm³/mol. The van der Waals surface area contributed by atoms with Gasteiger partial charge in [0.1, 0.15) is 0 Å². The third-order valence-electron chi connectivity index (χ3n) is 4.53. The molecule has 0 bridgehead atoms. The van der Waals surface area contributed by atoms with Gasteiger partial charge in [-0.15, -0.1) is 0 Å². The number of amides is 1. The minimum Gasteiger partial charge on any atom is -0.342 e. The van der Waals surface area contributed by atoms with Crippen molar-refractivity contribution in [1.82, 2.24) is 15.1 Å². The van der Waals surface area contributed by atoms with Gasteiger partial charge >= 0.3 is 0 Å².